The first-order valence-corrected chi connectivity index (χ1v) is 7.70. The lowest BCUT2D eigenvalue weighted by atomic mass is 10.1. The van der Waals surface area contributed by atoms with E-state index in [0.717, 1.165) is 27.4 Å². The Kier molecular flexibility index (Phi) is 3.75. The van der Waals surface area contributed by atoms with Crippen molar-refractivity contribution >= 4 is 29.0 Å². The summed E-state index contributed by atoms with van der Waals surface area (Å²) in [6.45, 7) is 2.41. The lowest BCUT2D eigenvalue weighted by Gasteiger charge is -2.17. The summed E-state index contributed by atoms with van der Waals surface area (Å²) in [5.74, 6) is 0.824. The molecule has 3 rings (SSSR count). The third-order valence-electron chi connectivity index (χ3n) is 3.42. The smallest absolute Gasteiger partial charge is 0.234 e. The van der Waals surface area contributed by atoms with Gasteiger partial charge >= 0.3 is 0 Å². The maximum absolute atomic E-state index is 11.4. The molecule has 4 nitrogen and oxygen atoms in total. The first kappa shape index (κ1) is 13.8. The van der Waals surface area contributed by atoms with Crippen molar-refractivity contribution in [3.63, 3.8) is 0 Å². The maximum atomic E-state index is 11.4. The zero-order chi connectivity index (χ0) is 14.8. The number of carbonyl (C=O) groups is 1. The van der Waals surface area contributed by atoms with Crippen molar-refractivity contribution in [2.75, 3.05) is 16.4 Å². The molecule has 21 heavy (non-hydrogen) atoms. The summed E-state index contributed by atoms with van der Waals surface area (Å²) in [5, 5.41) is 16.1. The van der Waals surface area contributed by atoms with Gasteiger partial charge in [0, 0.05) is 22.7 Å². The van der Waals surface area contributed by atoms with E-state index in [1.807, 2.05) is 43.3 Å². The summed E-state index contributed by atoms with van der Waals surface area (Å²) in [5.41, 5.74) is 3.47. The molecule has 2 aromatic carbocycles. The summed E-state index contributed by atoms with van der Waals surface area (Å²) >= 11 is 1.54. The average molecular weight is 300 g/mol. The van der Waals surface area contributed by atoms with E-state index in [1.54, 1.807) is 11.8 Å². The molecule has 0 bridgehead atoms. The highest BCUT2D eigenvalue weighted by Gasteiger charge is 2.15. The van der Waals surface area contributed by atoms with Crippen LogP contribution < -0.4 is 10.6 Å². The van der Waals surface area contributed by atoms with Gasteiger partial charge in [-0.3, -0.25) is 4.79 Å². The number of aryl methyl sites for hydroxylation is 1. The zero-order valence-corrected chi connectivity index (χ0v) is 12.5. The molecule has 0 aromatic heterocycles. The van der Waals surface area contributed by atoms with E-state index in [4.69, 9.17) is 0 Å². The number of para-hydroxylation sites is 1. The molecule has 0 spiro atoms. The standard InChI is InChI=1S/C16H16N2O2S/c1-10-3-2-4-11(16(10)20)8-17-12-5-6-14-13(7-12)18-15(19)9-21-14/h2-7,17,20H,8-9H2,1H3,(H,18,19). The van der Waals surface area contributed by atoms with E-state index in [2.05, 4.69) is 10.6 Å². The lowest BCUT2D eigenvalue weighted by Crippen LogP contribution is -2.18. The van der Waals surface area contributed by atoms with Gasteiger partial charge in [-0.25, -0.2) is 0 Å². The normalized spacial score (nSPS) is 13.5. The number of thioether (sulfide) groups is 1. The van der Waals surface area contributed by atoms with E-state index in [-0.39, 0.29) is 5.91 Å². The number of anilines is 2. The molecule has 0 saturated heterocycles. The minimum Gasteiger partial charge on any atom is -0.507 e. The van der Waals surface area contributed by atoms with Crippen LogP contribution in [-0.4, -0.2) is 16.8 Å². The van der Waals surface area contributed by atoms with E-state index in [1.165, 1.54) is 0 Å². The molecule has 1 aliphatic rings. The SMILES string of the molecule is Cc1cccc(CNc2ccc3c(c2)NC(=O)CS3)c1O. The Morgan fingerprint density at radius 3 is 3.05 bits per heavy atom. The third kappa shape index (κ3) is 2.97. The minimum atomic E-state index is 0.0287. The monoisotopic (exact) mass is 300 g/mol. The van der Waals surface area contributed by atoms with Gasteiger partial charge in [0.25, 0.3) is 0 Å². The van der Waals surface area contributed by atoms with Gasteiger partial charge in [0.05, 0.1) is 11.4 Å². The predicted octanol–water partition coefficient (Wildman–Crippen LogP) is 3.36. The highest BCUT2D eigenvalue weighted by Crippen LogP contribution is 2.33. The fourth-order valence-corrected chi connectivity index (χ4v) is 3.04. The van der Waals surface area contributed by atoms with Crippen LogP contribution in [0.15, 0.2) is 41.3 Å². The number of carbonyl (C=O) groups excluding carboxylic acids is 1. The molecule has 1 aliphatic heterocycles. The van der Waals surface area contributed by atoms with E-state index < -0.39 is 0 Å². The van der Waals surface area contributed by atoms with Crippen molar-refractivity contribution in [2.24, 2.45) is 0 Å². The number of fused-ring (bicyclic) bond motifs is 1. The molecule has 0 aliphatic carbocycles. The molecule has 5 heteroatoms. The lowest BCUT2D eigenvalue weighted by molar-refractivity contribution is -0.113. The third-order valence-corrected chi connectivity index (χ3v) is 4.49. The van der Waals surface area contributed by atoms with Crippen molar-refractivity contribution in [3.05, 3.63) is 47.5 Å². The van der Waals surface area contributed by atoms with Crippen LogP contribution in [0, 0.1) is 6.92 Å². The van der Waals surface area contributed by atoms with Gasteiger partial charge in [-0.15, -0.1) is 11.8 Å². The van der Waals surface area contributed by atoms with Gasteiger partial charge in [0.1, 0.15) is 5.75 Å². The average Bonchev–Trinajstić information content (AvgIpc) is 2.48. The Morgan fingerprint density at radius 2 is 2.19 bits per heavy atom. The first-order valence-electron chi connectivity index (χ1n) is 6.71. The number of nitrogens with one attached hydrogen (secondary N) is 2. The number of benzene rings is 2. The highest BCUT2D eigenvalue weighted by molar-refractivity contribution is 8.00. The number of phenols is 1. The second-order valence-corrected chi connectivity index (χ2v) is 6.00. The summed E-state index contributed by atoms with van der Waals surface area (Å²) in [4.78, 5) is 12.5. The minimum absolute atomic E-state index is 0.0287. The van der Waals surface area contributed by atoms with Crippen LogP contribution in [0.3, 0.4) is 0 Å². The molecular formula is C16H16N2O2S. The molecule has 108 valence electrons. The van der Waals surface area contributed by atoms with Crippen LogP contribution in [0.2, 0.25) is 0 Å². The van der Waals surface area contributed by atoms with Crippen LogP contribution in [0.1, 0.15) is 11.1 Å². The molecule has 0 unspecified atom stereocenters. The molecule has 0 fully saturated rings. The number of amides is 1. The largest absolute Gasteiger partial charge is 0.507 e. The Bertz CT molecular complexity index is 701. The Morgan fingerprint density at radius 1 is 1.33 bits per heavy atom. The van der Waals surface area contributed by atoms with Crippen LogP contribution in [0.4, 0.5) is 11.4 Å². The topological polar surface area (TPSA) is 61.4 Å². The fraction of sp³-hybridized carbons (Fsp3) is 0.188. The Labute approximate surface area is 127 Å². The molecule has 0 saturated carbocycles. The summed E-state index contributed by atoms with van der Waals surface area (Å²) in [6, 6.07) is 11.6. The second-order valence-electron chi connectivity index (χ2n) is 4.98. The Balaban J connectivity index is 1.75. The summed E-state index contributed by atoms with van der Waals surface area (Å²) in [6.07, 6.45) is 0. The summed E-state index contributed by atoms with van der Waals surface area (Å²) < 4.78 is 0. The van der Waals surface area contributed by atoms with E-state index in [0.29, 0.717) is 18.0 Å². The van der Waals surface area contributed by atoms with E-state index in [9.17, 15) is 9.90 Å². The molecule has 0 atom stereocenters. The predicted molar refractivity (Wildman–Crippen MR) is 86.0 cm³/mol. The van der Waals surface area contributed by atoms with Gasteiger partial charge in [-0.1, -0.05) is 18.2 Å². The molecule has 1 amide bonds. The van der Waals surface area contributed by atoms with Crippen molar-refractivity contribution in [1.29, 1.82) is 0 Å². The maximum Gasteiger partial charge on any atom is 0.234 e. The van der Waals surface area contributed by atoms with E-state index >= 15 is 0 Å². The van der Waals surface area contributed by atoms with Gasteiger partial charge in [0.2, 0.25) is 5.91 Å². The van der Waals surface area contributed by atoms with Crippen molar-refractivity contribution in [1.82, 2.24) is 0 Å². The number of hydrogen-bond donors (Lipinski definition) is 3. The van der Waals surface area contributed by atoms with Crippen molar-refractivity contribution in [2.45, 2.75) is 18.4 Å². The highest BCUT2D eigenvalue weighted by atomic mass is 32.2. The van der Waals surface area contributed by atoms with Gasteiger partial charge in [-0.2, -0.15) is 0 Å². The zero-order valence-electron chi connectivity index (χ0n) is 11.6. The van der Waals surface area contributed by atoms with Crippen LogP contribution in [0.25, 0.3) is 0 Å². The second kappa shape index (κ2) is 5.69. The van der Waals surface area contributed by atoms with Crippen molar-refractivity contribution in [3.8, 4) is 5.75 Å². The molecule has 1 heterocycles. The number of hydrogen-bond acceptors (Lipinski definition) is 4. The van der Waals surface area contributed by atoms with Gasteiger partial charge in [0.15, 0.2) is 0 Å². The van der Waals surface area contributed by atoms with Crippen LogP contribution >= 0.6 is 11.8 Å². The van der Waals surface area contributed by atoms with Crippen LogP contribution in [-0.2, 0) is 11.3 Å². The van der Waals surface area contributed by atoms with Gasteiger partial charge in [-0.05, 0) is 30.7 Å². The molecule has 0 radical (unpaired) electrons. The Hall–Kier alpha value is -2.14. The quantitative estimate of drug-likeness (QED) is 0.813. The summed E-state index contributed by atoms with van der Waals surface area (Å²) in [7, 11) is 0. The van der Waals surface area contributed by atoms with Gasteiger partial charge < -0.3 is 15.7 Å². The van der Waals surface area contributed by atoms with Crippen LogP contribution in [0.5, 0.6) is 5.75 Å². The molecule has 3 N–H and O–H groups in total. The van der Waals surface area contributed by atoms with Crippen molar-refractivity contribution < 1.29 is 9.90 Å². The molecular weight excluding hydrogens is 284 g/mol. The number of phenolic OH excluding ortho intramolecular Hbond substituents is 1. The number of aromatic hydroxyl groups is 1. The molecule has 2 aromatic rings. The number of rotatable bonds is 3. The fourth-order valence-electron chi connectivity index (χ4n) is 2.25. The first-order chi connectivity index (χ1) is 10.1.